The van der Waals surface area contributed by atoms with Crippen molar-refractivity contribution in [3.05, 3.63) is 41.6 Å². The third-order valence-electron chi connectivity index (χ3n) is 6.71. The number of piperidine rings is 1. The third kappa shape index (κ3) is 4.70. The molecular formula is C25H28FN5O4. The number of benzene rings is 1. The summed E-state index contributed by atoms with van der Waals surface area (Å²) in [5, 5.41) is 13.4. The number of likely N-dealkylation sites (tertiary alicyclic amines) is 1. The van der Waals surface area contributed by atoms with Crippen LogP contribution in [0.1, 0.15) is 42.2 Å². The molecule has 184 valence electrons. The minimum Gasteiger partial charge on any atom is -0.492 e. The maximum atomic E-state index is 14.0. The molecular weight excluding hydrogens is 453 g/mol. The summed E-state index contributed by atoms with van der Waals surface area (Å²) in [6, 6.07) is 3.84. The van der Waals surface area contributed by atoms with Gasteiger partial charge in [0.15, 0.2) is 0 Å². The molecule has 2 amide bonds. The predicted molar refractivity (Wildman–Crippen MR) is 126 cm³/mol. The van der Waals surface area contributed by atoms with E-state index in [4.69, 9.17) is 4.74 Å². The summed E-state index contributed by atoms with van der Waals surface area (Å²) in [7, 11) is 0. The second kappa shape index (κ2) is 9.26. The Morgan fingerprint density at radius 1 is 1.29 bits per heavy atom. The van der Waals surface area contributed by atoms with Crippen LogP contribution in [0.2, 0.25) is 0 Å². The number of aliphatic hydroxyl groups excluding tert-OH is 1. The van der Waals surface area contributed by atoms with Gasteiger partial charge in [0.05, 0.1) is 29.8 Å². The van der Waals surface area contributed by atoms with Crippen LogP contribution in [0.15, 0.2) is 24.5 Å². The first-order valence-corrected chi connectivity index (χ1v) is 11.8. The number of nitrogens with zero attached hydrogens (tertiary/aromatic N) is 3. The highest BCUT2D eigenvalue weighted by atomic mass is 19.1. The fraction of sp³-hybridized carbons (Fsp3) is 0.440. The summed E-state index contributed by atoms with van der Waals surface area (Å²) < 4.78 is 19.9. The average Bonchev–Trinajstić information content (AvgIpc) is 3.58. The Labute approximate surface area is 201 Å². The van der Waals surface area contributed by atoms with Crippen molar-refractivity contribution in [2.24, 2.45) is 5.92 Å². The number of carbonyl (C=O) groups is 2. The number of rotatable bonds is 6. The van der Waals surface area contributed by atoms with Gasteiger partial charge in [0, 0.05) is 37.3 Å². The first-order valence-electron chi connectivity index (χ1n) is 11.8. The van der Waals surface area contributed by atoms with Crippen molar-refractivity contribution in [1.82, 2.24) is 25.2 Å². The number of fused-ring (bicyclic) bond motifs is 1. The number of halogens is 1. The van der Waals surface area contributed by atoms with Gasteiger partial charge in [0.1, 0.15) is 29.1 Å². The zero-order chi connectivity index (χ0) is 24.7. The number of ether oxygens (including phenoxy) is 1. The number of nitrogens with one attached hydrogen (secondary N) is 2. The zero-order valence-electron chi connectivity index (χ0n) is 19.7. The minimum atomic E-state index is -0.863. The van der Waals surface area contributed by atoms with Gasteiger partial charge in [0.25, 0.3) is 5.91 Å². The fourth-order valence-electron chi connectivity index (χ4n) is 4.53. The van der Waals surface area contributed by atoms with Gasteiger partial charge in [-0.25, -0.2) is 14.4 Å². The average molecular weight is 482 g/mol. The molecule has 2 fully saturated rings. The molecule has 1 saturated heterocycles. The number of β-amino-alcohol motifs (C(OH)–C–C–N with tert-alkyl or cyclic N) is 1. The molecule has 2 atom stereocenters. The fourth-order valence-corrected chi connectivity index (χ4v) is 4.53. The molecule has 10 heteroatoms. The number of aryl methyl sites for hydroxylation is 1. The van der Waals surface area contributed by atoms with Crippen molar-refractivity contribution < 1.29 is 23.8 Å². The Morgan fingerprint density at radius 2 is 2.09 bits per heavy atom. The molecule has 2 aliphatic rings. The number of hydrogen-bond acceptors (Lipinski definition) is 6. The van der Waals surface area contributed by atoms with E-state index < -0.39 is 18.0 Å². The van der Waals surface area contributed by atoms with Crippen molar-refractivity contribution in [2.45, 2.75) is 45.3 Å². The van der Waals surface area contributed by atoms with Gasteiger partial charge in [-0.05, 0) is 44.2 Å². The highest BCUT2D eigenvalue weighted by Crippen LogP contribution is 2.36. The largest absolute Gasteiger partial charge is 0.492 e. The number of aromatic amines is 1. The summed E-state index contributed by atoms with van der Waals surface area (Å²) in [5.41, 5.74) is 3.05. The van der Waals surface area contributed by atoms with Crippen molar-refractivity contribution >= 4 is 22.8 Å². The summed E-state index contributed by atoms with van der Waals surface area (Å²) in [6.45, 7) is 4.39. The van der Waals surface area contributed by atoms with Crippen LogP contribution >= 0.6 is 0 Å². The zero-order valence-corrected chi connectivity index (χ0v) is 19.7. The first-order chi connectivity index (χ1) is 16.8. The predicted octanol–water partition coefficient (Wildman–Crippen LogP) is 2.57. The van der Waals surface area contributed by atoms with Crippen LogP contribution in [-0.2, 0) is 4.79 Å². The van der Waals surface area contributed by atoms with Crippen molar-refractivity contribution in [1.29, 1.82) is 0 Å². The molecule has 2 aromatic heterocycles. The highest BCUT2D eigenvalue weighted by Gasteiger charge is 2.32. The molecule has 9 nitrogen and oxygen atoms in total. The van der Waals surface area contributed by atoms with Crippen molar-refractivity contribution in [3.8, 4) is 17.0 Å². The molecule has 0 radical (unpaired) electrons. The maximum Gasteiger partial charge on any atom is 0.255 e. The minimum absolute atomic E-state index is 0.105. The quantitative estimate of drug-likeness (QED) is 0.498. The summed E-state index contributed by atoms with van der Waals surface area (Å²) in [5.74, 6) is 0.0181. The van der Waals surface area contributed by atoms with E-state index in [0.29, 0.717) is 64.8 Å². The molecule has 0 bridgehead atoms. The smallest absolute Gasteiger partial charge is 0.255 e. The number of aromatic nitrogens is 3. The second-order valence-corrected chi connectivity index (χ2v) is 9.37. The van der Waals surface area contributed by atoms with Gasteiger partial charge in [-0.3, -0.25) is 9.59 Å². The standard InChI is InChI=1S/C25H28FN5O4/c1-13-21(25(34)30-18-7-8-31(14(2)32)10-19(18)33)23-24(29-13)22(27-12-28-23)17-6-5-16(26)9-20(17)35-11-15-3-4-15/h5-6,9,12,15,18-19,29,33H,3-4,7-8,10-11H2,1-2H3,(H,30,34)/t18?,19-/m0/s1. The van der Waals surface area contributed by atoms with Gasteiger partial charge < -0.3 is 25.0 Å². The topological polar surface area (TPSA) is 120 Å². The summed E-state index contributed by atoms with van der Waals surface area (Å²) >= 11 is 0. The van der Waals surface area contributed by atoms with Crippen molar-refractivity contribution in [3.63, 3.8) is 0 Å². The van der Waals surface area contributed by atoms with E-state index in [1.165, 1.54) is 25.4 Å². The number of H-pyrrole nitrogens is 1. The van der Waals surface area contributed by atoms with E-state index in [1.807, 2.05) is 0 Å². The van der Waals surface area contributed by atoms with Crippen LogP contribution in [0.3, 0.4) is 0 Å². The van der Waals surface area contributed by atoms with Crippen LogP contribution in [-0.4, -0.2) is 68.6 Å². The van der Waals surface area contributed by atoms with E-state index in [1.54, 1.807) is 17.9 Å². The lowest BCUT2D eigenvalue weighted by Crippen LogP contribution is -2.55. The molecule has 5 rings (SSSR count). The van der Waals surface area contributed by atoms with Crippen LogP contribution in [0.25, 0.3) is 22.3 Å². The molecule has 1 aliphatic heterocycles. The molecule has 35 heavy (non-hydrogen) atoms. The maximum absolute atomic E-state index is 14.0. The lowest BCUT2D eigenvalue weighted by molar-refractivity contribution is -0.132. The molecule has 0 spiro atoms. The number of aliphatic hydroxyl groups is 1. The summed E-state index contributed by atoms with van der Waals surface area (Å²) in [4.78, 5) is 38.4. The Kier molecular flexibility index (Phi) is 6.14. The lowest BCUT2D eigenvalue weighted by atomic mass is 10.0. The van der Waals surface area contributed by atoms with E-state index in [0.717, 1.165) is 12.8 Å². The second-order valence-electron chi connectivity index (χ2n) is 9.37. The number of hydrogen-bond donors (Lipinski definition) is 3. The SMILES string of the molecule is CC(=O)N1CCC(NC(=O)c2c(C)[nH]c3c(-c4ccc(F)cc4OCC4CC4)ncnc23)[C@@H](O)C1. The normalized spacial score (nSPS) is 20.2. The van der Waals surface area contributed by atoms with E-state index in [9.17, 15) is 19.1 Å². The van der Waals surface area contributed by atoms with E-state index in [-0.39, 0.29) is 18.4 Å². The number of amides is 2. The first kappa shape index (κ1) is 23.2. The molecule has 1 aromatic carbocycles. The lowest BCUT2D eigenvalue weighted by Gasteiger charge is -2.35. The van der Waals surface area contributed by atoms with Crippen LogP contribution in [0.4, 0.5) is 4.39 Å². The summed E-state index contributed by atoms with van der Waals surface area (Å²) in [6.07, 6.45) is 3.18. The Balaban J connectivity index is 1.44. The van der Waals surface area contributed by atoms with E-state index >= 15 is 0 Å². The molecule has 3 aromatic rings. The van der Waals surface area contributed by atoms with Gasteiger partial charge in [-0.1, -0.05) is 0 Å². The Bertz CT molecular complexity index is 1290. The van der Waals surface area contributed by atoms with Gasteiger partial charge in [-0.15, -0.1) is 0 Å². The van der Waals surface area contributed by atoms with E-state index in [2.05, 4.69) is 20.3 Å². The Morgan fingerprint density at radius 3 is 2.80 bits per heavy atom. The molecule has 3 N–H and O–H groups in total. The highest BCUT2D eigenvalue weighted by molar-refractivity contribution is 6.09. The monoisotopic (exact) mass is 481 g/mol. The van der Waals surface area contributed by atoms with Gasteiger partial charge in [0.2, 0.25) is 5.91 Å². The van der Waals surface area contributed by atoms with Gasteiger partial charge in [-0.2, -0.15) is 0 Å². The van der Waals surface area contributed by atoms with Gasteiger partial charge >= 0.3 is 0 Å². The molecule has 3 heterocycles. The Hall–Kier alpha value is -3.53. The van der Waals surface area contributed by atoms with Crippen LogP contribution in [0.5, 0.6) is 5.75 Å². The van der Waals surface area contributed by atoms with Crippen LogP contribution in [0, 0.1) is 18.7 Å². The molecule has 1 saturated carbocycles. The van der Waals surface area contributed by atoms with Crippen molar-refractivity contribution in [2.75, 3.05) is 19.7 Å². The molecule has 1 unspecified atom stereocenters. The third-order valence-corrected chi connectivity index (χ3v) is 6.71. The molecule has 1 aliphatic carbocycles. The van der Waals surface area contributed by atoms with Crippen LogP contribution < -0.4 is 10.1 Å². The number of carbonyl (C=O) groups excluding carboxylic acids is 2.